The second kappa shape index (κ2) is 33.2. The molecule has 2 atom stereocenters. The molecule has 0 fully saturated rings. The van der Waals surface area contributed by atoms with Crippen LogP contribution in [0.25, 0.3) is 0 Å². The number of carbonyl (C=O) groups is 3. The number of carboxylic acids is 1. The molecule has 288 valence electrons. The summed E-state index contributed by atoms with van der Waals surface area (Å²) in [7, 11) is 5.52. The summed E-state index contributed by atoms with van der Waals surface area (Å²) >= 11 is 0. The van der Waals surface area contributed by atoms with Crippen molar-refractivity contribution in [3.05, 3.63) is 12.2 Å². The first-order chi connectivity index (χ1) is 23.6. The molecule has 0 aromatic heterocycles. The Hall–Kier alpha value is -1.93. The van der Waals surface area contributed by atoms with Gasteiger partial charge in [0.05, 0.1) is 34.4 Å². The Morgan fingerprint density at radius 2 is 1.02 bits per heavy atom. The van der Waals surface area contributed by atoms with E-state index in [1.54, 1.807) is 0 Å². The van der Waals surface area contributed by atoms with Gasteiger partial charge < -0.3 is 23.8 Å². The van der Waals surface area contributed by atoms with E-state index in [0.717, 1.165) is 44.9 Å². The molecule has 0 aliphatic carbocycles. The number of carbonyl (C=O) groups excluding carboxylic acids is 2. The second-order valence-electron chi connectivity index (χ2n) is 14.9. The van der Waals surface area contributed by atoms with Crippen LogP contribution >= 0.6 is 0 Å². The molecule has 0 aromatic carbocycles. The number of hydrogen-bond acceptors (Lipinski definition) is 6. The molecule has 1 N–H and O–H groups in total. The van der Waals surface area contributed by atoms with Gasteiger partial charge in [0.15, 0.2) is 12.1 Å². The molecular formula is C41H78NO7+. The van der Waals surface area contributed by atoms with Gasteiger partial charge in [-0.1, -0.05) is 135 Å². The quantitative estimate of drug-likeness (QED) is 0.0301. The van der Waals surface area contributed by atoms with Gasteiger partial charge in [0.25, 0.3) is 0 Å². The number of esters is 2. The third-order valence-electron chi connectivity index (χ3n) is 9.16. The molecular weight excluding hydrogens is 618 g/mol. The second-order valence-corrected chi connectivity index (χ2v) is 14.9. The third kappa shape index (κ3) is 31.8. The average molecular weight is 697 g/mol. The lowest BCUT2D eigenvalue weighted by atomic mass is 10.0. The fourth-order valence-electron chi connectivity index (χ4n) is 5.97. The minimum absolute atomic E-state index is 0.0501. The highest BCUT2D eigenvalue weighted by atomic mass is 16.6. The molecule has 0 radical (unpaired) electrons. The van der Waals surface area contributed by atoms with E-state index < -0.39 is 18.1 Å². The molecule has 0 heterocycles. The van der Waals surface area contributed by atoms with Gasteiger partial charge in [0, 0.05) is 19.3 Å². The van der Waals surface area contributed by atoms with E-state index in [9.17, 15) is 19.5 Å². The Morgan fingerprint density at radius 3 is 1.51 bits per heavy atom. The number of hydrogen-bond donors (Lipinski definition) is 1. The number of quaternary nitrogens is 1. The maximum absolute atomic E-state index is 12.7. The SMILES string of the molecule is CCCCC/C=C/CCCCCCCC(=O)OCC(COCCC(C(=O)O)[N+](C)(C)C)OC(=O)CCCCCCCCCCCCCCC. The molecule has 49 heavy (non-hydrogen) atoms. The van der Waals surface area contributed by atoms with Gasteiger partial charge >= 0.3 is 17.9 Å². The fourth-order valence-corrected chi connectivity index (χ4v) is 5.97. The van der Waals surface area contributed by atoms with Crippen LogP contribution in [0.2, 0.25) is 0 Å². The van der Waals surface area contributed by atoms with Crippen molar-refractivity contribution in [3.63, 3.8) is 0 Å². The van der Waals surface area contributed by atoms with Crippen molar-refractivity contribution in [2.45, 2.75) is 193 Å². The van der Waals surface area contributed by atoms with Crippen LogP contribution in [0.5, 0.6) is 0 Å². The molecule has 0 bridgehead atoms. The van der Waals surface area contributed by atoms with E-state index in [2.05, 4.69) is 26.0 Å². The zero-order chi connectivity index (χ0) is 36.4. The number of ether oxygens (including phenoxy) is 3. The Balaban J connectivity index is 4.39. The highest BCUT2D eigenvalue weighted by molar-refractivity contribution is 5.72. The summed E-state index contributed by atoms with van der Waals surface area (Å²) < 4.78 is 17.2. The lowest BCUT2D eigenvalue weighted by Crippen LogP contribution is -2.50. The maximum Gasteiger partial charge on any atom is 0.362 e. The number of likely N-dealkylation sites (N-methyl/N-ethyl adjacent to an activating group) is 1. The van der Waals surface area contributed by atoms with Crippen molar-refractivity contribution >= 4 is 17.9 Å². The van der Waals surface area contributed by atoms with E-state index in [1.807, 2.05) is 21.1 Å². The van der Waals surface area contributed by atoms with Crippen molar-refractivity contribution in [2.24, 2.45) is 0 Å². The predicted molar refractivity (Wildman–Crippen MR) is 202 cm³/mol. The molecule has 8 nitrogen and oxygen atoms in total. The van der Waals surface area contributed by atoms with Gasteiger partial charge in [0.1, 0.15) is 6.61 Å². The Bertz CT molecular complexity index is 823. The summed E-state index contributed by atoms with van der Waals surface area (Å²) in [5.74, 6) is -1.47. The van der Waals surface area contributed by atoms with E-state index >= 15 is 0 Å². The monoisotopic (exact) mass is 697 g/mol. The zero-order valence-corrected chi connectivity index (χ0v) is 32.7. The van der Waals surface area contributed by atoms with Gasteiger partial charge in [-0.25, -0.2) is 4.79 Å². The smallest absolute Gasteiger partial charge is 0.362 e. The molecule has 0 aliphatic heterocycles. The van der Waals surface area contributed by atoms with Crippen LogP contribution in [-0.4, -0.2) is 80.6 Å². The Kier molecular flexibility index (Phi) is 31.9. The van der Waals surface area contributed by atoms with Crippen molar-refractivity contribution in [1.82, 2.24) is 0 Å². The minimum atomic E-state index is -0.875. The average Bonchev–Trinajstić information content (AvgIpc) is 3.05. The van der Waals surface area contributed by atoms with Crippen LogP contribution in [0.3, 0.4) is 0 Å². The highest BCUT2D eigenvalue weighted by Crippen LogP contribution is 2.15. The fraction of sp³-hybridized carbons (Fsp3) is 0.878. The van der Waals surface area contributed by atoms with Crippen molar-refractivity contribution in [1.29, 1.82) is 0 Å². The largest absolute Gasteiger partial charge is 0.477 e. The highest BCUT2D eigenvalue weighted by Gasteiger charge is 2.31. The van der Waals surface area contributed by atoms with E-state index in [1.165, 1.54) is 103 Å². The summed E-state index contributed by atoms with van der Waals surface area (Å²) in [5.41, 5.74) is 0. The van der Waals surface area contributed by atoms with Gasteiger partial charge in [-0.2, -0.15) is 0 Å². The number of aliphatic carboxylic acids is 1. The molecule has 0 saturated heterocycles. The molecule has 0 aliphatic rings. The molecule has 0 rings (SSSR count). The standard InChI is InChI=1S/C41H77NO7/c1-6-8-10-12-14-16-18-20-22-24-26-28-30-32-40(44)49-37(35-47-34-33-38(41(45)46)42(3,4)5)36-48-39(43)31-29-27-25-23-21-19-17-15-13-11-9-7-2/h15,17,37-38H,6-14,16,18-36H2,1-5H3/p+1/b17-15+. The van der Waals surface area contributed by atoms with E-state index in [-0.39, 0.29) is 36.2 Å². The van der Waals surface area contributed by atoms with Crippen molar-refractivity contribution in [2.75, 3.05) is 41.0 Å². The van der Waals surface area contributed by atoms with Gasteiger partial charge in [-0.3, -0.25) is 9.59 Å². The molecule has 0 aromatic rings. The summed E-state index contributed by atoms with van der Waals surface area (Å²) in [6.07, 6.45) is 32.4. The first-order valence-electron chi connectivity index (χ1n) is 20.2. The third-order valence-corrected chi connectivity index (χ3v) is 9.16. The van der Waals surface area contributed by atoms with Crippen LogP contribution in [0.4, 0.5) is 0 Å². The normalized spacial score (nSPS) is 13.1. The lowest BCUT2D eigenvalue weighted by Gasteiger charge is -2.31. The van der Waals surface area contributed by atoms with Crippen LogP contribution in [0.1, 0.15) is 181 Å². The number of carboxylic acid groups (broad SMARTS) is 1. The first-order valence-corrected chi connectivity index (χ1v) is 20.2. The van der Waals surface area contributed by atoms with Crippen LogP contribution in [-0.2, 0) is 28.6 Å². The van der Waals surface area contributed by atoms with Crippen LogP contribution < -0.4 is 0 Å². The minimum Gasteiger partial charge on any atom is -0.477 e. The zero-order valence-electron chi connectivity index (χ0n) is 32.7. The number of unbranched alkanes of at least 4 members (excludes halogenated alkanes) is 20. The molecule has 0 spiro atoms. The van der Waals surface area contributed by atoms with Crippen molar-refractivity contribution < 1.29 is 38.2 Å². The van der Waals surface area contributed by atoms with Gasteiger partial charge in [-0.15, -0.1) is 0 Å². The Labute approximate surface area is 301 Å². The first kappa shape index (κ1) is 47.1. The Morgan fingerprint density at radius 1 is 0.592 bits per heavy atom. The number of allylic oxidation sites excluding steroid dienone is 2. The summed E-state index contributed by atoms with van der Waals surface area (Å²) in [4.78, 5) is 36.8. The lowest BCUT2D eigenvalue weighted by molar-refractivity contribution is -0.887. The predicted octanol–water partition coefficient (Wildman–Crippen LogP) is 10.4. The van der Waals surface area contributed by atoms with Crippen LogP contribution in [0.15, 0.2) is 12.2 Å². The van der Waals surface area contributed by atoms with Gasteiger partial charge in [0.2, 0.25) is 0 Å². The van der Waals surface area contributed by atoms with E-state index in [4.69, 9.17) is 14.2 Å². The summed E-state index contributed by atoms with van der Waals surface area (Å²) in [5, 5.41) is 9.58. The number of rotatable bonds is 36. The molecule has 0 saturated carbocycles. The number of nitrogens with zero attached hydrogens (tertiary/aromatic N) is 1. The van der Waals surface area contributed by atoms with Crippen LogP contribution in [0, 0.1) is 0 Å². The van der Waals surface area contributed by atoms with Crippen molar-refractivity contribution in [3.8, 4) is 0 Å². The molecule has 8 heteroatoms. The topological polar surface area (TPSA) is 99.1 Å². The molecule has 2 unspecified atom stereocenters. The molecule has 0 amide bonds. The summed E-state index contributed by atoms with van der Waals surface area (Å²) in [6.45, 7) is 4.71. The van der Waals surface area contributed by atoms with E-state index in [0.29, 0.717) is 19.3 Å². The summed E-state index contributed by atoms with van der Waals surface area (Å²) in [6, 6.07) is -0.610. The van der Waals surface area contributed by atoms with Gasteiger partial charge in [-0.05, 0) is 38.5 Å². The maximum atomic E-state index is 12.7.